The average Bonchev–Trinajstić information content (AvgIpc) is 2.90. The maximum Gasteiger partial charge on any atom is -1.00 e. The number of hydrogen-bond donors (Lipinski definition) is 1. The van der Waals surface area contributed by atoms with Gasteiger partial charge in [0.05, 0.1) is 0 Å². The standard InChI is InChI=1S/C10H10N.C5H5.2ClH.Ti/c1-7-4-3-5-9-10(7)8(2)6-11-9;1-2-4-5-3-1;;;/h3-5,11H,1-2H3;1-3H,4H2;2*1H;/q;;;;+2/p-2. The van der Waals surface area contributed by atoms with Gasteiger partial charge in [0.1, 0.15) is 0 Å². The van der Waals surface area contributed by atoms with Crippen LogP contribution in [0, 0.1) is 13.8 Å². The van der Waals surface area contributed by atoms with Crippen molar-refractivity contribution in [2.75, 3.05) is 0 Å². The number of aromatic amines is 1. The molecule has 1 nitrogen and oxygen atoms in total. The Morgan fingerprint density at radius 2 is 1.95 bits per heavy atom. The second-order valence-electron chi connectivity index (χ2n) is 4.57. The number of benzene rings is 1. The number of aromatic nitrogens is 1. The molecular weight excluding hydrogens is 313 g/mol. The summed E-state index contributed by atoms with van der Waals surface area (Å²) >= 11 is -0.162. The second kappa shape index (κ2) is 6.81. The van der Waals surface area contributed by atoms with Gasteiger partial charge in [-0.25, -0.2) is 0 Å². The van der Waals surface area contributed by atoms with Crippen LogP contribution < -0.4 is 28.8 Å². The Morgan fingerprint density at radius 1 is 1.16 bits per heavy atom. The largest absolute Gasteiger partial charge is 1.00 e. The van der Waals surface area contributed by atoms with Crippen molar-refractivity contribution in [3.63, 3.8) is 0 Å². The van der Waals surface area contributed by atoms with E-state index in [2.05, 4.69) is 55.3 Å². The van der Waals surface area contributed by atoms with Gasteiger partial charge in [0.25, 0.3) is 0 Å². The molecule has 0 spiro atoms. The Kier molecular flexibility index (Phi) is 5.94. The monoisotopic (exact) mass is 327 g/mol. The first kappa shape index (κ1) is 16.6. The minimum atomic E-state index is -0.162. The van der Waals surface area contributed by atoms with E-state index in [1.807, 2.05) is 0 Å². The number of H-pyrrole nitrogens is 1. The summed E-state index contributed by atoms with van der Waals surface area (Å²) in [5.41, 5.74) is 4.14. The van der Waals surface area contributed by atoms with Gasteiger partial charge in [0, 0.05) is 0 Å². The predicted molar refractivity (Wildman–Crippen MR) is 69.2 cm³/mol. The molecule has 1 N–H and O–H groups in total. The number of aryl methyl sites for hydroxylation is 2. The van der Waals surface area contributed by atoms with Crippen molar-refractivity contribution in [2.24, 2.45) is 0 Å². The SMILES string of the molecule is Cc1cccc2[nH][c]([Ti+2][C]3=CC=CC3)c(C)c12.[Cl-].[Cl-]. The van der Waals surface area contributed by atoms with E-state index >= 15 is 0 Å². The van der Waals surface area contributed by atoms with E-state index in [-0.39, 0.29) is 44.0 Å². The molecule has 1 aromatic carbocycles. The van der Waals surface area contributed by atoms with Crippen LogP contribution in [0.5, 0.6) is 0 Å². The summed E-state index contributed by atoms with van der Waals surface area (Å²) in [6, 6.07) is 6.52. The van der Waals surface area contributed by atoms with E-state index in [1.165, 1.54) is 26.0 Å². The van der Waals surface area contributed by atoms with Gasteiger partial charge in [-0.2, -0.15) is 0 Å². The Hall–Kier alpha value is -0.466. The molecule has 0 bridgehead atoms. The van der Waals surface area contributed by atoms with Crippen LogP contribution in [0.2, 0.25) is 0 Å². The van der Waals surface area contributed by atoms with E-state index in [0.717, 1.165) is 6.42 Å². The number of nitrogens with one attached hydrogen (secondary N) is 1. The topological polar surface area (TPSA) is 15.8 Å². The molecule has 0 aliphatic heterocycles. The Bertz CT molecular complexity index is 641. The van der Waals surface area contributed by atoms with Crippen molar-refractivity contribution in [1.29, 1.82) is 0 Å². The number of allylic oxidation sites excluding steroid dienone is 4. The fourth-order valence-electron chi connectivity index (χ4n) is 2.45. The van der Waals surface area contributed by atoms with Crippen molar-refractivity contribution in [3.8, 4) is 0 Å². The summed E-state index contributed by atoms with van der Waals surface area (Å²) in [4.78, 5) is 3.62. The molecule has 98 valence electrons. The smallest absolute Gasteiger partial charge is 1.00 e. The first-order chi connectivity index (χ1) is 8.25. The van der Waals surface area contributed by atoms with E-state index in [9.17, 15) is 0 Å². The minimum Gasteiger partial charge on any atom is -1.00 e. The van der Waals surface area contributed by atoms with Crippen molar-refractivity contribution in [2.45, 2.75) is 20.3 Å². The first-order valence-electron chi connectivity index (χ1n) is 5.96. The molecule has 0 atom stereocenters. The molecule has 1 heterocycles. The van der Waals surface area contributed by atoms with Crippen LogP contribution in [0.3, 0.4) is 0 Å². The maximum atomic E-state index is 3.62. The maximum absolute atomic E-state index is 3.62. The molecule has 3 rings (SSSR count). The van der Waals surface area contributed by atoms with Gasteiger partial charge in [-0.15, -0.1) is 0 Å². The van der Waals surface area contributed by atoms with E-state index in [1.54, 1.807) is 3.88 Å². The van der Waals surface area contributed by atoms with Crippen LogP contribution in [0.15, 0.2) is 40.3 Å². The quantitative estimate of drug-likeness (QED) is 0.580. The Labute approximate surface area is 135 Å². The van der Waals surface area contributed by atoms with E-state index in [0.29, 0.717) is 0 Å². The molecule has 0 saturated carbocycles. The van der Waals surface area contributed by atoms with Crippen molar-refractivity contribution in [1.82, 2.24) is 4.98 Å². The van der Waals surface area contributed by atoms with E-state index in [4.69, 9.17) is 0 Å². The first-order valence-corrected chi connectivity index (χ1v) is 7.52. The van der Waals surface area contributed by atoms with Crippen LogP contribution >= 0.6 is 0 Å². The Morgan fingerprint density at radius 3 is 2.58 bits per heavy atom. The second-order valence-corrected chi connectivity index (χ2v) is 6.75. The predicted octanol–water partition coefficient (Wildman–Crippen LogP) is -2.66. The molecule has 2 aromatic rings. The number of fused-ring (bicyclic) bond motifs is 1. The zero-order valence-corrected chi connectivity index (χ0v) is 14.0. The molecule has 1 aliphatic carbocycles. The van der Waals surface area contributed by atoms with Crippen molar-refractivity contribution < 1.29 is 44.0 Å². The van der Waals surface area contributed by atoms with Gasteiger partial charge in [-0.3, -0.25) is 0 Å². The molecular formula is C15H15Cl2NTi. The van der Waals surface area contributed by atoms with E-state index < -0.39 is 0 Å². The zero-order valence-electron chi connectivity index (χ0n) is 10.9. The molecule has 0 fully saturated rings. The summed E-state index contributed by atoms with van der Waals surface area (Å²) in [7, 11) is 0. The number of rotatable bonds is 2. The van der Waals surface area contributed by atoms with Crippen molar-refractivity contribution in [3.05, 3.63) is 51.4 Å². The average molecular weight is 328 g/mol. The summed E-state index contributed by atoms with van der Waals surface area (Å²) in [6.45, 7) is 4.46. The van der Waals surface area contributed by atoms with Gasteiger partial charge in [0.2, 0.25) is 0 Å². The zero-order chi connectivity index (χ0) is 11.8. The van der Waals surface area contributed by atoms with Crippen LogP contribution in [0.4, 0.5) is 0 Å². The number of hydrogen-bond acceptors (Lipinski definition) is 0. The summed E-state index contributed by atoms with van der Waals surface area (Å²) < 4.78 is 3.11. The summed E-state index contributed by atoms with van der Waals surface area (Å²) in [6.07, 6.45) is 7.88. The molecule has 1 aliphatic rings. The summed E-state index contributed by atoms with van der Waals surface area (Å²) in [5.74, 6) is 0. The molecule has 0 saturated heterocycles. The molecule has 1 aromatic heterocycles. The third kappa shape index (κ3) is 3.17. The molecule has 19 heavy (non-hydrogen) atoms. The van der Waals surface area contributed by atoms with Gasteiger partial charge < -0.3 is 24.8 Å². The molecule has 0 amide bonds. The normalized spacial score (nSPS) is 12.6. The van der Waals surface area contributed by atoms with Gasteiger partial charge in [-0.1, -0.05) is 0 Å². The van der Waals surface area contributed by atoms with Crippen LogP contribution in [0.25, 0.3) is 10.9 Å². The summed E-state index contributed by atoms with van der Waals surface area (Å²) in [5, 5.41) is 1.43. The van der Waals surface area contributed by atoms with Gasteiger partial charge in [0.15, 0.2) is 0 Å². The fraction of sp³-hybridized carbons (Fsp3) is 0.200. The Balaban J connectivity index is 0.000000902. The van der Waals surface area contributed by atoms with Crippen LogP contribution in [0.1, 0.15) is 17.5 Å². The van der Waals surface area contributed by atoms with Gasteiger partial charge in [-0.05, 0) is 0 Å². The molecule has 0 unspecified atom stereocenters. The third-order valence-electron chi connectivity index (χ3n) is 3.34. The third-order valence-corrected chi connectivity index (χ3v) is 5.59. The minimum absolute atomic E-state index is 0. The molecule has 0 radical (unpaired) electrons. The molecule has 4 heteroatoms. The van der Waals surface area contributed by atoms with Gasteiger partial charge >= 0.3 is 111 Å². The van der Waals surface area contributed by atoms with Crippen LogP contribution in [-0.2, 0) is 19.2 Å². The van der Waals surface area contributed by atoms with Crippen LogP contribution in [-0.4, -0.2) is 4.98 Å². The number of halogens is 2. The fourth-order valence-corrected chi connectivity index (χ4v) is 4.37. The van der Waals surface area contributed by atoms with Crippen molar-refractivity contribution >= 4 is 14.9 Å².